The summed E-state index contributed by atoms with van der Waals surface area (Å²) in [5.41, 5.74) is 0.840. The molecule has 0 aliphatic carbocycles. The maximum Gasteiger partial charge on any atom is 0.337 e. The fraction of sp³-hybridized carbons (Fsp3) is 0.500. The highest BCUT2D eigenvalue weighted by atomic mass is 16.4. The van der Waals surface area contributed by atoms with Crippen LogP contribution in [0.1, 0.15) is 44.0 Å². The van der Waals surface area contributed by atoms with Crippen LogP contribution >= 0.6 is 0 Å². The fourth-order valence-corrected chi connectivity index (χ4v) is 2.25. The second-order valence-electron chi connectivity index (χ2n) is 6.39. The zero-order valence-electron chi connectivity index (χ0n) is 15.3. The minimum absolute atomic E-state index is 0.00424. The summed E-state index contributed by atoms with van der Waals surface area (Å²) in [5.74, 6) is -1.31. The fourth-order valence-electron chi connectivity index (χ4n) is 2.25. The van der Waals surface area contributed by atoms with Gasteiger partial charge in [-0.1, -0.05) is 20.8 Å². The molecular formula is C18H27N3O4. The van der Waals surface area contributed by atoms with Gasteiger partial charge in [0.15, 0.2) is 0 Å². The van der Waals surface area contributed by atoms with Crippen molar-refractivity contribution in [3.8, 4) is 0 Å². The third-order valence-electron chi connectivity index (χ3n) is 3.50. The SMILES string of the molecule is CCCNC(=O)CN(C)c1ccc(NC(=O)CC(C)C)c(C(=O)O)c1. The highest BCUT2D eigenvalue weighted by Gasteiger charge is 2.16. The Bertz CT molecular complexity index is 629. The van der Waals surface area contributed by atoms with E-state index < -0.39 is 5.97 Å². The molecule has 0 spiro atoms. The zero-order chi connectivity index (χ0) is 19.0. The number of carbonyl (C=O) groups is 3. The van der Waals surface area contributed by atoms with Crippen LogP contribution < -0.4 is 15.5 Å². The minimum atomic E-state index is -1.13. The Balaban J connectivity index is 2.91. The van der Waals surface area contributed by atoms with Crippen molar-refractivity contribution in [2.24, 2.45) is 5.92 Å². The minimum Gasteiger partial charge on any atom is -0.478 e. The van der Waals surface area contributed by atoms with E-state index in [1.54, 1.807) is 24.1 Å². The van der Waals surface area contributed by atoms with Crippen LogP contribution in [0.4, 0.5) is 11.4 Å². The molecule has 0 aliphatic heterocycles. The lowest BCUT2D eigenvalue weighted by atomic mass is 10.1. The van der Waals surface area contributed by atoms with Gasteiger partial charge in [-0.3, -0.25) is 9.59 Å². The normalized spacial score (nSPS) is 10.4. The standard InChI is InChI=1S/C18H27N3O4/c1-5-8-19-17(23)11-21(4)13-6-7-15(14(10-13)18(24)25)20-16(22)9-12(2)3/h6-7,10,12H,5,8-9,11H2,1-4H3,(H,19,23)(H,20,22)(H,24,25). The van der Waals surface area contributed by atoms with E-state index in [1.165, 1.54) is 6.07 Å². The number of hydrogen-bond acceptors (Lipinski definition) is 4. The average Bonchev–Trinajstić information content (AvgIpc) is 2.52. The highest BCUT2D eigenvalue weighted by molar-refractivity contribution is 6.01. The van der Waals surface area contributed by atoms with E-state index >= 15 is 0 Å². The lowest BCUT2D eigenvalue weighted by molar-refractivity contribution is -0.119. The Hall–Kier alpha value is -2.57. The lowest BCUT2D eigenvalue weighted by Crippen LogP contribution is -2.35. The van der Waals surface area contributed by atoms with Crippen LogP contribution in [-0.4, -0.2) is 43.0 Å². The van der Waals surface area contributed by atoms with E-state index in [2.05, 4.69) is 10.6 Å². The van der Waals surface area contributed by atoms with Gasteiger partial charge in [0.05, 0.1) is 17.8 Å². The van der Waals surface area contributed by atoms with Crippen molar-refractivity contribution in [2.75, 3.05) is 30.4 Å². The largest absolute Gasteiger partial charge is 0.478 e. The number of hydrogen-bond donors (Lipinski definition) is 3. The molecule has 1 aromatic carbocycles. The second-order valence-corrected chi connectivity index (χ2v) is 6.39. The summed E-state index contributed by atoms with van der Waals surface area (Å²) in [4.78, 5) is 36.9. The highest BCUT2D eigenvalue weighted by Crippen LogP contribution is 2.23. The smallest absolute Gasteiger partial charge is 0.337 e. The van der Waals surface area contributed by atoms with Crippen LogP contribution in [0.5, 0.6) is 0 Å². The van der Waals surface area contributed by atoms with Gasteiger partial charge in [0.2, 0.25) is 11.8 Å². The lowest BCUT2D eigenvalue weighted by Gasteiger charge is -2.20. The topological polar surface area (TPSA) is 98.7 Å². The number of aromatic carboxylic acids is 1. The van der Waals surface area contributed by atoms with Gasteiger partial charge in [-0.15, -0.1) is 0 Å². The van der Waals surface area contributed by atoms with E-state index in [4.69, 9.17) is 0 Å². The van der Waals surface area contributed by atoms with Gasteiger partial charge in [0.25, 0.3) is 0 Å². The summed E-state index contributed by atoms with van der Waals surface area (Å²) >= 11 is 0. The molecule has 25 heavy (non-hydrogen) atoms. The van der Waals surface area contributed by atoms with Gasteiger partial charge in [0.1, 0.15) is 0 Å². The number of benzene rings is 1. The number of nitrogens with zero attached hydrogens (tertiary/aromatic N) is 1. The van der Waals surface area contributed by atoms with Crippen LogP contribution in [0.15, 0.2) is 18.2 Å². The molecule has 0 atom stereocenters. The van der Waals surface area contributed by atoms with Crippen molar-refractivity contribution < 1.29 is 19.5 Å². The van der Waals surface area contributed by atoms with Crippen molar-refractivity contribution in [1.82, 2.24) is 5.32 Å². The number of carbonyl (C=O) groups excluding carboxylic acids is 2. The van der Waals surface area contributed by atoms with Crippen molar-refractivity contribution in [3.63, 3.8) is 0 Å². The van der Waals surface area contributed by atoms with Gasteiger partial charge in [0, 0.05) is 25.7 Å². The number of carboxylic acid groups (broad SMARTS) is 1. The molecule has 2 amide bonds. The quantitative estimate of drug-likeness (QED) is 0.635. The molecule has 1 aromatic rings. The molecule has 7 heteroatoms. The summed E-state index contributed by atoms with van der Waals surface area (Å²) in [5, 5.41) is 14.8. The van der Waals surface area contributed by atoms with E-state index in [0.717, 1.165) is 6.42 Å². The summed E-state index contributed by atoms with van der Waals surface area (Å²) in [6, 6.07) is 4.70. The maximum absolute atomic E-state index is 11.9. The maximum atomic E-state index is 11.9. The molecule has 0 fully saturated rings. The zero-order valence-corrected chi connectivity index (χ0v) is 15.3. The van der Waals surface area contributed by atoms with Crippen LogP contribution in [0.2, 0.25) is 0 Å². The van der Waals surface area contributed by atoms with Crippen LogP contribution in [0.3, 0.4) is 0 Å². The second kappa shape index (κ2) is 9.66. The summed E-state index contributed by atoms with van der Waals surface area (Å²) in [6.45, 7) is 6.53. The van der Waals surface area contributed by atoms with Crippen LogP contribution in [0, 0.1) is 5.92 Å². The number of rotatable bonds is 9. The molecule has 0 aromatic heterocycles. The number of nitrogens with one attached hydrogen (secondary N) is 2. The molecule has 0 saturated heterocycles. The monoisotopic (exact) mass is 349 g/mol. The van der Waals surface area contributed by atoms with Gasteiger partial charge >= 0.3 is 5.97 Å². The van der Waals surface area contributed by atoms with E-state index in [9.17, 15) is 19.5 Å². The Kier molecular flexibility index (Phi) is 7.91. The van der Waals surface area contributed by atoms with Crippen molar-refractivity contribution in [3.05, 3.63) is 23.8 Å². The molecule has 0 bridgehead atoms. The van der Waals surface area contributed by atoms with E-state index in [1.807, 2.05) is 20.8 Å². The number of likely N-dealkylation sites (N-methyl/N-ethyl adjacent to an activating group) is 1. The Morgan fingerprint density at radius 1 is 1.20 bits per heavy atom. The third kappa shape index (κ3) is 6.82. The molecule has 0 radical (unpaired) electrons. The third-order valence-corrected chi connectivity index (χ3v) is 3.50. The molecule has 1 rings (SSSR count). The number of anilines is 2. The van der Waals surface area contributed by atoms with Crippen molar-refractivity contribution in [1.29, 1.82) is 0 Å². The Labute approximate surface area is 148 Å². The molecule has 3 N–H and O–H groups in total. The first-order valence-electron chi connectivity index (χ1n) is 8.39. The Morgan fingerprint density at radius 2 is 1.88 bits per heavy atom. The van der Waals surface area contributed by atoms with Crippen LogP contribution in [0.25, 0.3) is 0 Å². The van der Waals surface area contributed by atoms with Crippen LogP contribution in [-0.2, 0) is 9.59 Å². The van der Waals surface area contributed by atoms with E-state index in [0.29, 0.717) is 18.7 Å². The molecule has 0 aliphatic rings. The summed E-state index contributed by atoms with van der Waals surface area (Å²) in [6.07, 6.45) is 1.17. The number of amides is 2. The predicted octanol–water partition coefficient (Wildman–Crippen LogP) is 2.33. The van der Waals surface area contributed by atoms with Gasteiger partial charge in [-0.25, -0.2) is 4.79 Å². The van der Waals surface area contributed by atoms with E-state index in [-0.39, 0.29) is 35.5 Å². The molecular weight excluding hydrogens is 322 g/mol. The van der Waals surface area contributed by atoms with Gasteiger partial charge in [-0.2, -0.15) is 0 Å². The first-order valence-corrected chi connectivity index (χ1v) is 8.39. The molecule has 0 heterocycles. The summed E-state index contributed by atoms with van der Waals surface area (Å²) in [7, 11) is 1.71. The van der Waals surface area contributed by atoms with Crippen molar-refractivity contribution in [2.45, 2.75) is 33.6 Å². The Morgan fingerprint density at radius 3 is 2.44 bits per heavy atom. The first-order chi connectivity index (χ1) is 11.7. The predicted molar refractivity (Wildman–Crippen MR) is 98.1 cm³/mol. The van der Waals surface area contributed by atoms with Gasteiger partial charge in [-0.05, 0) is 30.5 Å². The molecule has 7 nitrogen and oxygen atoms in total. The van der Waals surface area contributed by atoms with Crippen molar-refractivity contribution >= 4 is 29.2 Å². The average molecular weight is 349 g/mol. The van der Waals surface area contributed by atoms with Gasteiger partial charge < -0.3 is 20.6 Å². The first kappa shape index (κ1) is 20.5. The molecule has 138 valence electrons. The number of carboxylic acids is 1. The summed E-state index contributed by atoms with van der Waals surface area (Å²) < 4.78 is 0. The molecule has 0 unspecified atom stereocenters. The molecule has 0 saturated carbocycles.